The normalized spacial score (nSPS) is 19.9. The van der Waals surface area contributed by atoms with Gasteiger partial charge in [0.25, 0.3) is 0 Å². The van der Waals surface area contributed by atoms with Crippen LogP contribution in [-0.2, 0) is 0 Å². The number of rotatable bonds is 1. The molecule has 0 aromatic heterocycles. The fraction of sp³-hybridized carbons (Fsp3) is 0.357. The van der Waals surface area contributed by atoms with Gasteiger partial charge in [-0.25, -0.2) is 0 Å². The maximum Gasteiger partial charge on any atom is 0.0132 e. The van der Waals surface area contributed by atoms with E-state index in [9.17, 15) is 0 Å². The summed E-state index contributed by atoms with van der Waals surface area (Å²) < 4.78 is 0. The van der Waals surface area contributed by atoms with E-state index in [0.29, 0.717) is 0 Å². The lowest BCUT2D eigenvalue weighted by Gasteiger charge is -2.08. The highest BCUT2D eigenvalue weighted by Crippen LogP contribution is 2.33. The lowest BCUT2D eigenvalue weighted by molar-refractivity contribution is 1.23. The first-order valence-electron chi connectivity index (χ1n) is 5.54. The molecule has 2 aliphatic carbocycles. The summed E-state index contributed by atoms with van der Waals surface area (Å²) in [6.07, 6.45) is 10.2. The molecule has 0 amide bonds. The molecular formula is C14H18Si. The Labute approximate surface area is 93.9 Å². The minimum absolute atomic E-state index is 0.320. The standard InChI is InChI=1S/C14H18Si/c1-10-9-13(15(3)4)11(2)14(10)12-7-5-6-8-12/h5-7,9H,8H2,1-4H3. The molecule has 0 aromatic rings. The topological polar surface area (TPSA) is 0 Å². The zero-order valence-corrected chi connectivity index (χ0v) is 11.0. The van der Waals surface area contributed by atoms with E-state index >= 15 is 0 Å². The summed E-state index contributed by atoms with van der Waals surface area (Å²) in [7, 11) is -0.320. The van der Waals surface area contributed by atoms with Gasteiger partial charge < -0.3 is 0 Å². The van der Waals surface area contributed by atoms with Crippen molar-refractivity contribution < 1.29 is 0 Å². The largest absolute Gasteiger partial charge is 0.0801 e. The lowest BCUT2D eigenvalue weighted by atomic mass is 9.98. The molecule has 0 radical (unpaired) electrons. The number of hydrogen-bond donors (Lipinski definition) is 0. The van der Waals surface area contributed by atoms with Gasteiger partial charge in [-0.2, -0.15) is 0 Å². The molecule has 15 heavy (non-hydrogen) atoms. The van der Waals surface area contributed by atoms with Crippen LogP contribution in [0, 0.1) is 0 Å². The van der Waals surface area contributed by atoms with Crippen molar-refractivity contribution in [1.82, 2.24) is 0 Å². The molecule has 78 valence electrons. The molecule has 1 heteroatoms. The lowest BCUT2D eigenvalue weighted by Crippen LogP contribution is -2.06. The fourth-order valence-electron chi connectivity index (χ4n) is 2.47. The predicted molar refractivity (Wildman–Crippen MR) is 70.8 cm³/mol. The SMILES string of the molecule is CC1=CC(=[Si](C)C)C(C)=C1C1=CC=CC1. The summed E-state index contributed by atoms with van der Waals surface area (Å²) in [5.41, 5.74) is 6.01. The first-order valence-corrected chi connectivity index (χ1v) is 8.04. The Morgan fingerprint density at radius 3 is 2.40 bits per heavy atom. The molecule has 0 nitrogen and oxygen atoms in total. The minimum Gasteiger partial charge on any atom is -0.0801 e. The smallest absolute Gasteiger partial charge is 0.0132 e. The van der Waals surface area contributed by atoms with Crippen molar-refractivity contribution in [3.05, 3.63) is 46.6 Å². The molecule has 0 aromatic carbocycles. The van der Waals surface area contributed by atoms with Crippen molar-refractivity contribution in [3.63, 3.8) is 0 Å². The van der Waals surface area contributed by atoms with Crippen molar-refractivity contribution in [1.29, 1.82) is 0 Å². The van der Waals surface area contributed by atoms with Gasteiger partial charge in [0.05, 0.1) is 0 Å². The van der Waals surface area contributed by atoms with Crippen LogP contribution in [0.5, 0.6) is 0 Å². The predicted octanol–water partition coefficient (Wildman–Crippen LogP) is 3.66. The van der Waals surface area contributed by atoms with E-state index in [1.165, 1.54) is 22.3 Å². The molecule has 0 unspecified atom stereocenters. The van der Waals surface area contributed by atoms with Crippen molar-refractivity contribution in [2.75, 3.05) is 0 Å². The van der Waals surface area contributed by atoms with Crippen LogP contribution >= 0.6 is 0 Å². The molecule has 2 aliphatic rings. The monoisotopic (exact) mass is 214 g/mol. The molecule has 0 atom stereocenters. The van der Waals surface area contributed by atoms with Gasteiger partial charge in [-0.05, 0) is 47.7 Å². The van der Waals surface area contributed by atoms with Gasteiger partial charge in [-0.3, -0.25) is 0 Å². The summed E-state index contributed by atoms with van der Waals surface area (Å²) >= 11 is 0. The third-order valence-corrected chi connectivity index (χ3v) is 4.76. The van der Waals surface area contributed by atoms with Gasteiger partial charge >= 0.3 is 0 Å². The highest BCUT2D eigenvalue weighted by Gasteiger charge is 2.19. The average molecular weight is 214 g/mol. The highest BCUT2D eigenvalue weighted by molar-refractivity contribution is 6.74. The van der Waals surface area contributed by atoms with E-state index in [4.69, 9.17) is 0 Å². The van der Waals surface area contributed by atoms with E-state index in [0.717, 1.165) is 6.42 Å². The van der Waals surface area contributed by atoms with Crippen LogP contribution in [0.3, 0.4) is 0 Å². The molecule has 2 rings (SSSR count). The highest BCUT2D eigenvalue weighted by atomic mass is 28.2. The number of allylic oxidation sites excluding steroid dienone is 8. The van der Waals surface area contributed by atoms with E-state index in [-0.39, 0.29) is 8.41 Å². The second-order valence-corrected chi connectivity index (χ2v) is 7.10. The van der Waals surface area contributed by atoms with Gasteiger partial charge in [0.2, 0.25) is 0 Å². The zero-order valence-electron chi connectivity index (χ0n) is 10.0. The Morgan fingerprint density at radius 1 is 1.20 bits per heavy atom. The molecule has 0 saturated heterocycles. The fourth-order valence-corrected chi connectivity index (χ4v) is 3.85. The summed E-state index contributed by atoms with van der Waals surface area (Å²) in [5, 5.41) is 1.61. The van der Waals surface area contributed by atoms with Crippen molar-refractivity contribution in [3.8, 4) is 0 Å². The first kappa shape index (κ1) is 10.6. The van der Waals surface area contributed by atoms with Crippen LogP contribution in [0.1, 0.15) is 20.3 Å². The molecule has 0 fully saturated rings. The Morgan fingerprint density at radius 2 is 1.93 bits per heavy atom. The van der Waals surface area contributed by atoms with Crippen molar-refractivity contribution in [2.24, 2.45) is 0 Å². The third-order valence-electron chi connectivity index (χ3n) is 3.17. The quantitative estimate of drug-likeness (QED) is 0.584. The minimum atomic E-state index is -0.320. The second kappa shape index (κ2) is 3.90. The molecule has 0 bridgehead atoms. The summed E-state index contributed by atoms with van der Waals surface area (Å²) in [5.74, 6) is 0. The maximum absolute atomic E-state index is 2.40. The van der Waals surface area contributed by atoms with Crippen LogP contribution in [0.15, 0.2) is 46.6 Å². The van der Waals surface area contributed by atoms with Crippen LogP contribution in [0.2, 0.25) is 13.1 Å². The third kappa shape index (κ3) is 1.76. The number of hydrogen-bond acceptors (Lipinski definition) is 0. The van der Waals surface area contributed by atoms with E-state index < -0.39 is 0 Å². The van der Waals surface area contributed by atoms with Crippen molar-refractivity contribution in [2.45, 2.75) is 33.4 Å². The Balaban J connectivity index is 2.49. The van der Waals surface area contributed by atoms with Gasteiger partial charge in [0.1, 0.15) is 0 Å². The van der Waals surface area contributed by atoms with Gasteiger partial charge in [0, 0.05) is 8.41 Å². The summed E-state index contributed by atoms with van der Waals surface area (Å²) in [6, 6.07) is 0. The molecule has 0 N–H and O–H groups in total. The van der Waals surface area contributed by atoms with Gasteiger partial charge in [0.15, 0.2) is 0 Å². The zero-order chi connectivity index (χ0) is 11.0. The molecule has 0 spiro atoms. The molecular weight excluding hydrogens is 196 g/mol. The van der Waals surface area contributed by atoms with Crippen molar-refractivity contribution >= 4 is 13.6 Å². The van der Waals surface area contributed by atoms with Crippen LogP contribution in [-0.4, -0.2) is 13.6 Å². The first-order chi connectivity index (χ1) is 7.11. The van der Waals surface area contributed by atoms with E-state index in [2.05, 4.69) is 51.2 Å². The summed E-state index contributed by atoms with van der Waals surface area (Å²) in [6.45, 7) is 9.28. The van der Waals surface area contributed by atoms with Gasteiger partial charge in [-0.1, -0.05) is 37.4 Å². The van der Waals surface area contributed by atoms with Gasteiger partial charge in [-0.15, -0.1) is 0 Å². The second-order valence-electron chi connectivity index (χ2n) is 4.57. The maximum atomic E-state index is 2.40. The Hall–Kier alpha value is -0.953. The Bertz CT molecular complexity index is 450. The Kier molecular flexibility index (Phi) is 2.74. The van der Waals surface area contributed by atoms with E-state index in [1.54, 1.807) is 5.17 Å². The molecule has 0 aliphatic heterocycles. The van der Waals surface area contributed by atoms with Crippen LogP contribution in [0.4, 0.5) is 0 Å². The van der Waals surface area contributed by atoms with Crippen LogP contribution < -0.4 is 0 Å². The van der Waals surface area contributed by atoms with Crippen LogP contribution in [0.25, 0.3) is 0 Å². The summed E-state index contributed by atoms with van der Waals surface area (Å²) in [4.78, 5) is 0. The molecule has 0 saturated carbocycles. The average Bonchev–Trinajstić information content (AvgIpc) is 2.73. The molecule has 0 heterocycles. The van der Waals surface area contributed by atoms with E-state index in [1.807, 2.05) is 0 Å².